The highest BCUT2D eigenvalue weighted by atomic mass is 16.2. The summed E-state index contributed by atoms with van der Waals surface area (Å²) in [5.41, 5.74) is 5.06. The average molecular weight is 321 g/mol. The number of carbonyl (C=O) groups excluding carboxylic acids is 1. The Kier molecular flexibility index (Phi) is 4.29. The summed E-state index contributed by atoms with van der Waals surface area (Å²) in [6, 6.07) is 13.6. The number of nitrogens with one attached hydrogen (secondary N) is 3. The molecule has 24 heavy (non-hydrogen) atoms. The van der Waals surface area contributed by atoms with Gasteiger partial charge in [0.25, 0.3) is 5.91 Å². The fourth-order valence-electron chi connectivity index (χ4n) is 2.68. The minimum atomic E-state index is -0.308. The molecule has 1 heterocycles. The van der Waals surface area contributed by atoms with Crippen LogP contribution >= 0.6 is 0 Å². The first-order valence-electron chi connectivity index (χ1n) is 7.66. The van der Waals surface area contributed by atoms with E-state index in [4.69, 9.17) is 0 Å². The third-order valence-electron chi connectivity index (χ3n) is 3.72. The van der Waals surface area contributed by atoms with Crippen LogP contribution in [0.3, 0.4) is 0 Å². The van der Waals surface area contributed by atoms with Crippen LogP contribution in [0, 0.1) is 20.8 Å². The molecule has 2 aromatic carbocycles. The molecule has 3 aromatic rings. The Balaban J connectivity index is 1.83. The van der Waals surface area contributed by atoms with Gasteiger partial charge in [0, 0.05) is 11.4 Å². The summed E-state index contributed by atoms with van der Waals surface area (Å²) in [5.74, 6) is 0.0818. The predicted octanol–water partition coefficient (Wildman–Crippen LogP) is 3.73. The van der Waals surface area contributed by atoms with Crippen molar-refractivity contribution < 1.29 is 4.79 Å². The zero-order valence-electron chi connectivity index (χ0n) is 13.8. The normalized spacial score (nSPS) is 10.5. The number of para-hydroxylation sites is 1. The molecule has 0 saturated heterocycles. The molecule has 1 amide bonds. The van der Waals surface area contributed by atoms with Gasteiger partial charge in [0.1, 0.15) is 0 Å². The summed E-state index contributed by atoms with van der Waals surface area (Å²) in [5, 5.41) is 16.5. The van der Waals surface area contributed by atoms with Crippen molar-refractivity contribution in [3.05, 3.63) is 64.8 Å². The van der Waals surface area contributed by atoms with Crippen molar-refractivity contribution in [3.63, 3.8) is 0 Å². The smallest absolute Gasteiger partial charge is 0.280 e. The standard InChI is InChI=1S/C18H19N5O/c1-11-9-12(2)15(13(3)10-11)20-18(24)16-17(22-23-21-16)19-14-7-5-4-6-8-14/h4-10H,1-3H3,(H,20,24)(H2,19,21,22,23). The number of H-pyrrole nitrogens is 1. The zero-order chi connectivity index (χ0) is 17.1. The lowest BCUT2D eigenvalue weighted by Crippen LogP contribution is -2.16. The van der Waals surface area contributed by atoms with Crippen LogP contribution in [-0.4, -0.2) is 21.3 Å². The van der Waals surface area contributed by atoms with Crippen LogP contribution < -0.4 is 10.6 Å². The lowest BCUT2D eigenvalue weighted by Gasteiger charge is -2.12. The molecule has 0 fully saturated rings. The fourth-order valence-corrected chi connectivity index (χ4v) is 2.68. The maximum atomic E-state index is 12.6. The van der Waals surface area contributed by atoms with Crippen LogP contribution in [0.25, 0.3) is 0 Å². The minimum absolute atomic E-state index is 0.221. The van der Waals surface area contributed by atoms with Crippen molar-refractivity contribution in [3.8, 4) is 0 Å². The first-order valence-corrected chi connectivity index (χ1v) is 7.66. The summed E-state index contributed by atoms with van der Waals surface area (Å²) < 4.78 is 0. The first kappa shape index (κ1) is 15.7. The Hall–Kier alpha value is -3.15. The number of hydrogen-bond acceptors (Lipinski definition) is 4. The zero-order valence-corrected chi connectivity index (χ0v) is 13.8. The number of rotatable bonds is 4. The molecule has 0 atom stereocenters. The number of anilines is 3. The molecule has 0 radical (unpaired) electrons. The van der Waals surface area contributed by atoms with Gasteiger partial charge in [0.2, 0.25) is 0 Å². The van der Waals surface area contributed by atoms with Crippen LogP contribution in [-0.2, 0) is 0 Å². The van der Waals surface area contributed by atoms with Crippen LogP contribution in [0.5, 0.6) is 0 Å². The van der Waals surface area contributed by atoms with Crippen LogP contribution in [0.2, 0.25) is 0 Å². The molecule has 122 valence electrons. The molecule has 0 unspecified atom stereocenters. The van der Waals surface area contributed by atoms with Crippen molar-refractivity contribution in [1.82, 2.24) is 15.4 Å². The topological polar surface area (TPSA) is 82.7 Å². The van der Waals surface area contributed by atoms with E-state index >= 15 is 0 Å². The van der Waals surface area contributed by atoms with Crippen LogP contribution in [0.15, 0.2) is 42.5 Å². The SMILES string of the molecule is Cc1cc(C)c(NC(=O)c2n[nH]nc2Nc2ccccc2)c(C)c1. The summed E-state index contributed by atoms with van der Waals surface area (Å²) in [4.78, 5) is 12.6. The van der Waals surface area contributed by atoms with Gasteiger partial charge in [-0.25, -0.2) is 0 Å². The van der Waals surface area contributed by atoms with Gasteiger partial charge in [-0.3, -0.25) is 4.79 Å². The Morgan fingerprint density at radius 2 is 1.67 bits per heavy atom. The minimum Gasteiger partial charge on any atom is -0.337 e. The molecule has 6 nitrogen and oxygen atoms in total. The van der Waals surface area contributed by atoms with Gasteiger partial charge in [0.05, 0.1) is 0 Å². The van der Waals surface area contributed by atoms with Gasteiger partial charge < -0.3 is 10.6 Å². The molecule has 3 N–H and O–H groups in total. The van der Waals surface area contributed by atoms with Crippen molar-refractivity contribution >= 4 is 23.1 Å². The summed E-state index contributed by atoms with van der Waals surface area (Å²) in [7, 11) is 0. The number of amides is 1. The molecular weight excluding hydrogens is 302 g/mol. The van der Waals surface area contributed by atoms with Gasteiger partial charge in [-0.2, -0.15) is 5.21 Å². The second kappa shape index (κ2) is 6.54. The molecule has 0 spiro atoms. The molecular formula is C18H19N5O. The van der Waals surface area contributed by atoms with E-state index in [2.05, 4.69) is 26.0 Å². The van der Waals surface area contributed by atoms with Gasteiger partial charge in [0.15, 0.2) is 11.5 Å². The van der Waals surface area contributed by atoms with Crippen molar-refractivity contribution in [2.24, 2.45) is 0 Å². The summed E-state index contributed by atoms with van der Waals surface area (Å²) in [6.07, 6.45) is 0. The largest absolute Gasteiger partial charge is 0.337 e. The number of aryl methyl sites for hydroxylation is 3. The van der Waals surface area contributed by atoms with Gasteiger partial charge in [-0.05, 0) is 44.0 Å². The molecule has 6 heteroatoms. The van der Waals surface area contributed by atoms with E-state index in [1.54, 1.807) is 0 Å². The molecule has 0 aliphatic heterocycles. The monoisotopic (exact) mass is 321 g/mol. The van der Waals surface area contributed by atoms with E-state index in [9.17, 15) is 4.79 Å². The van der Waals surface area contributed by atoms with Gasteiger partial charge in [-0.1, -0.05) is 35.9 Å². The van der Waals surface area contributed by atoms with E-state index in [1.807, 2.05) is 63.2 Å². The van der Waals surface area contributed by atoms with E-state index in [0.717, 1.165) is 28.1 Å². The van der Waals surface area contributed by atoms with E-state index < -0.39 is 0 Å². The van der Waals surface area contributed by atoms with Crippen LogP contribution in [0.4, 0.5) is 17.2 Å². The third-order valence-corrected chi connectivity index (χ3v) is 3.72. The maximum Gasteiger partial charge on any atom is 0.280 e. The average Bonchev–Trinajstić information content (AvgIpc) is 3.00. The highest BCUT2D eigenvalue weighted by molar-refractivity contribution is 6.07. The number of nitrogens with zero attached hydrogens (tertiary/aromatic N) is 2. The number of hydrogen-bond donors (Lipinski definition) is 3. The molecule has 1 aromatic heterocycles. The molecule has 0 saturated carbocycles. The lowest BCUT2D eigenvalue weighted by atomic mass is 10.1. The Morgan fingerprint density at radius 3 is 2.33 bits per heavy atom. The molecule has 3 rings (SSSR count). The maximum absolute atomic E-state index is 12.6. The van der Waals surface area contributed by atoms with Crippen molar-refractivity contribution in [2.75, 3.05) is 10.6 Å². The number of benzene rings is 2. The number of aromatic amines is 1. The highest BCUT2D eigenvalue weighted by Gasteiger charge is 2.18. The second-order valence-electron chi connectivity index (χ2n) is 5.74. The third kappa shape index (κ3) is 3.27. The van der Waals surface area contributed by atoms with Gasteiger partial charge in [-0.15, -0.1) is 10.2 Å². The quantitative estimate of drug-likeness (QED) is 0.684. The van der Waals surface area contributed by atoms with Gasteiger partial charge >= 0.3 is 0 Å². The Bertz CT molecular complexity index is 847. The second-order valence-corrected chi connectivity index (χ2v) is 5.74. The fraction of sp³-hybridized carbons (Fsp3) is 0.167. The molecule has 0 bridgehead atoms. The molecule has 0 aliphatic rings. The number of aromatic nitrogens is 3. The van der Waals surface area contributed by atoms with Crippen molar-refractivity contribution in [2.45, 2.75) is 20.8 Å². The lowest BCUT2D eigenvalue weighted by molar-refractivity contribution is 0.102. The Morgan fingerprint density at radius 1 is 1.00 bits per heavy atom. The Labute approximate surface area is 140 Å². The van der Waals surface area contributed by atoms with E-state index in [1.165, 1.54) is 0 Å². The van der Waals surface area contributed by atoms with Crippen LogP contribution in [0.1, 0.15) is 27.2 Å². The first-order chi connectivity index (χ1) is 11.5. The highest BCUT2D eigenvalue weighted by Crippen LogP contribution is 2.23. The summed E-state index contributed by atoms with van der Waals surface area (Å²) >= 11 is 0. The van der Waals surface area contributed by atoms with E-state index in [-0.39, 0.29) is 11.6 Å². The summed E-state index contributed by atoms with van der Waals surface area (Å²) in [6.45, 7) is 5.98. The number of carbonyl (C=O) groups is 1. The predicted molar refractivity (Wildman–Crippen MR) is 94.7 cm³/mol. The van der Waals surface area contributed by atoms with E-state index in [0.29, 0.717) is 5.82 Å². The van der Waals surface area contributed by atoms with Crippen molar-refractivity contribution in [1.29, 1.82) is 0 Å². The molecule has 0 aliphatic carbocycles.